The van der Waals surface area contributed by atoms with Crippen LogP contribution in [0.5, 0.6) is 0 Å². The molecule has 0 amide bonds. The lowest BCUT2D eigenvalue weighted by molar-refractivity contribution is 0.204. The molecule has 0 aromatic heterocycles. The van der Waals surface area contributed by atoms with E-state index < -0.39 is 6.08 Å². The van der Waals surface area contributed by atoms with Crippen molar-refractivity contribution in [2.75, 3.05) is 6.61 Å². The molecule has 3 nitrogen and oxygen atoms in total. The Labute approximate surface area is 48.0 Å². The largest absolute Gasteiger partial charge is 0.446 e. The molecule has 1 rings (SSSR count). The van der Waals surface area contributed by atoms with Crippen LogP contribution in [0.1, 0.15) is 13.8 Å². The summed E-state index contributed by atoms with van der Waals surface area (Å²) in [6, 6.07) is 0. The van der Waals surface area contributed by atoms with Crippen molar-refractivity contribution < 1.29 is 9.84 Å². The van der Waals surface area contributed by atoms with E-state index >= 15 is 0 Å². The average molecular weight is 114 g/mol. The first kappa shape index (κ1) is 5.41. The van der Waals surface area contributed by atoms with E-state index in [0.29, 0.717) is 6.61 Å². The Hall–Kier alpha value is -0.730. The molecule has 45 valence electrons. The summed E-state index contributed by atoms with van der Waals surface area (Å²) < 4.78 is 4.56. The lowest BCUT2D eigenvalue weighted by atomic mass is 10.1. The molecule has 0 aromatic rings. The molecule has 3 heteroatoms. The Kier molecular flexibility index (Phi) is 0.927. The fourth-order valence-electron chi connectivity index (χ4n) is 0.550. The Morgan fingerprint density at radius 1 is 1.75 bits per heavy atom. The highest BCUT2D eigenvalue weighted by molar-refractivity contribution is 5.66. The Bertz CT molecular complexity index is 128. The van der Waals surface area contributed by atoms with Crippen LogP contribution in [0.2, 0.25) is 0 Å². The lowest BCUT2D eigenvalue weighted by Crippen LogP contribution is -2.17. The average Bonchev–Trinajstić information content (AvgIpc) is 1.82. The number of hydrogen-bond acceptors (Lipinski definition) is 2. The molecular weight excluding hydrogens is 106 g/mol. The Morgan fingerprint density at radius 3 is 2.50 bits per heavy atom. The van der Waals surface area contributed by atoms with E-state index in [4.69, 9.17) is 0 Å². The normalized spacial score (nSPS) is 24.5. The fourth-order valence-corrected chi connectivity index (χ4v) is 0.550. The van der Waals surface area contributed by atoms with Gasteiger partial charge in [0.25, 0.3) is 0 Å². The maximum Gasteiger partial charge on any atom is 0.429 e. The molecule has 0 aliphatic carbocycles. The van der Waals surface area contributed by atoms with Gasteiger partial charge in [-0.2, -0.15) is 0 Å². The van der Waals surface area contributed by atoms with E-state index in [0.717, 1.165) is 0 Å². The van der Waals surface area contributed by atoms with Gasteiger partial charge in [-0.1, -0.05) is 0 Å². The minimum atomic E-state index is -0.435. The van der Waals surface area contributed by atoms with E-state index in [1.54, 1.807) is 0 Å². The van der Waals surface area contributed by atoms with Crippen molar-refractivity contribution in [1.29, 1.82) is 0 Å². The van der Waals surface area contributed by atoms with E-state index in [1.807, 2.05) is 13.8 Å². The van der Waals surface area contributed by atoms with Crippen molar-refractivity contribution in [2.45, 2.75) is 19.4 Å². The molecule has 0 bridgehead atoms. The molecule has 1 radical (unpaired) electrons. The highest BCUT2D eigenvalue weighted by Gasteiger charge is 2.26. The summed E-state index contributed by atoms with van der Waals surface area (Å²) in [5, 5.41) is 10.3. The van der Waals surface area contributed by atoms with Crippen LogP contribution in [0.4, 0.5) is 0 Å². The molecule has 0 fully saturated rings. The van der Waals surface area contributed by atoms with Gasteiger partial charge in [-0.15, -0.1) is 0 Å². The van der Waals surface area contributed by atoms with Crippen molar-refractivity contribution in [1.82, 2.24) is 0 Å². The quantitative estimate of drug-likeness (QED) is 0.454. The van der Waals surface area contributed by atoms with Crippen molar-refractivity contribution in [3.05, 3.63) is 0 Å². The maximum absolute atomic E-state index is 10.3. The number of hydrogen-bond donors (Lipinski definition) is 0. The van der Waals surface area contributed by atoms with Crippen LogP contribution in [0.25, 0.3) is 0 Å². The van der Waals surface area contributed by atoms with Crippen LogP contribution < -0.4 is 0 Å². The zero-order valence-electron chi connectivity index (χ0n) is 4.97. The van der Waals surface area contributed by atoms with Gasteiger partial charge in [0.15, 0.2) is 0 Å². The van der Waals surface area contributed by atoms with Crippen LogP contribution in [-0.4, -0.2) is 18.2 Å². The van der Waals surface area contributed by atoms with Crippen LogP contribution >= 0.6 is 0 Å². The van der Waals surface area contributed by atoms with Crippen LogP contribution in [-0.2, 0) is 9.84 Å². The molecular formula is C5H8NO2. The summed E-state index contributed by atoms with van der Waals surface area (Å²) >= 11 is 0. The monoisotopic (exact) mass is 114 g/mol. The number of rotatable bonds is 0. The van der Waals surface area contributed by atoms with Gasteiger partial charge in [-0.3, -0.25) is 0 Å². The second-order valence-corrected chi connectivity index (χ2v) is 2.48. The van der Waals surface area contributed by atoms with E-state index in [1.165, 1.54) is 0 Å². The van der Waals surface area contributed by atoms with E-state index in [2.05, 4.69) is 9.73 Å². The Balaban J connectivity index is 2.67. The van der Waals surface area contributed by atoms with E-state index in [-0.39, 0.29) is 5.54 Å². The standard InChI is InChI=1S/C5H8NO2/c1-5(2)3-8-4(7)6-5/h3H2,1-2H3. The number of ether oxygens (including phenoxy) is 1. The second kappa shape index (κ2) is 1.37. The van der Waals surface area contributed by atoms with Crippen molar-refractivity contribution in [3.63, 3.8) is 0 Å². The third-order valence-corrected chi connectivity index (χ3v) is 0.943. The first-order chi connectivity index (χ1) is 3.60. The van der Waals surface area contributed by atoms with Gasteiger partial charge in [0.1, 0.15) is 6.61 Å². The van der Waals surface area contributed by atoms with Gasteiger partial charge in [0.2, 0.25) is 0 Å². The summed E-state index contributed by atoms with van der Waals surface area (Å²) in [5.41, 5.74) is -0.281. The molecule has 0 aromatic carbocycles. The lowest BCUT2D eigenvalue weighted by Gasteiger charge is -2.06. The molecule has 0 unspecified atom stereocenters. The van der Waals surface area contributed by atoms with Gasteiger partial charge < -0.3 is 4.74 Å². The van der Waals surface area contributed by atoms with Crippen molar-refractivity contribution >= 4 is 6.08 Å². The van der Waals surface area contributed by atoms with Crippen molar-refractivity contribution in [3.8, 4) is 0 Å². The molecule has 0 saturated carbocycles. The molecule has 0 N–H and O–H groups in total. The second-order valence-electron chi connectivity index (χ2n) is 2.48. The van der Waals surface area contributed by atoms with E-state index in [9.17, 15) is 5.11 Å². The molecule has 1 aliphatic rings. The molecule has 0 spiro atoms. The molecule has 1 aliphatic heterocycles. The van der Waals surface area contributed by atoms with Gasteiger partial charge in [0.05, 0.1) is 5.54 Å². The minimum Gasteiger partial charge on any atom is -0.446 e. The minimum absolute atomic E-state index is 0.281. The zero-order valence-corrected chi connectivity index (χ0v) is 4.97. The highest BCUT2D eigenvalue weighted by Crippen LogP contribution is 2.15. The fraction of sp³-hybridized carbons (Fsp3) is 0.800. The molecule has 8 heavy (non-hydrogen) atoms. The molecule has 1 heterocycles. The van der Waals surface area contributed by atoms with Crippen LogP contribution in [0.15, 0.2) is 4.99 Å². The topological polar surface area (TPSA) is 41.5 Å². The van der Waals surface area contributed by atoms with Crippen LogP contribution in [0, 0.1) is 0 Å². The summed E-state index contributed by atoms with van der Waals surface area (Å²) in [6.45, 7) is 4.14. The number of aliphatic imine (C=N–C) groups is 1. The third-order valence-electron chi connectivity index (χ3n) is 0.943. The first-order valence-corrected chi connectivity index (χ1v) is 2.50. The Morgan fingerprint density at radius 2 is 2.38 bits per heavy atom. The van der Waals surface area contributed by atoms with Crippen LogP contribution in [0.3, 0.4) is 0 Å². The molecule has 0 saturated heterocycles. The molecule has 0 atom stereocenters. The predicted molar refractivity (Wildman–Crippen MR) is 28.2 cm³/mol. The summed E-state index contributed by atoms with van der Waals surface area (Å²) in [7, 11) is 0. The van der Waals surface area contributed by atoms with Gasteiger partial charge in [0, 0.05) is 0 Å². The van der Waals surface area contributed by atoms with Gasteiger partial charge in [-0.05, 0) is 13.8 Å². The summed E-state index contributed by atoms with van der Waals surface area (Å²) in [4.78, 5) is 3.66. The maximum atomic E-state index is 10.3. The SMILES string of the molecule is CC1(C)COC([O])=N1. The summed E-state index contributed by atoms with van der Waals surface area (Å²) in [5.74, 6) is 0. The zero-order chi connectivity index (χ0) is 6.20. The highest BCUT2D eigenvalue weighted by atomic mass is 16.6. The predicted octanol–water partition coefficient (Wildman–Crippen LogP) is 0.582. The smallest absolute Gasteiger partial charge is 0.429 e. The van der Waals surface area contributed by atoms with Gasteiger partial charge >= 0.3 is 6.08 Å². The number of nitrogens with zero attached hydrogens (tertiary/aromatic N) is 1. The summed E-state index contributed by atoms with van der Waals surface area (Å²) in [6.07, 6.45) is -0.435. The third kappa shape index (κ3) is 0.911. The first-order valence-electron chi connectivity index (χ1n) is 2.50. The van der Waals surface area contributed by atoms with Gasteiger partial charge in [-0.25, -0.2) is 10.1 Å². The van der Waals surface area contributed by atoms with Crippen molar-refractivity contribution in [2.24, 2.45) is 4.99 Å².